The first-order valence-electron chi connectivity index (χ1n) is 12.2. The highest BCUT2D eigenvalue weighted by atomic mass is 16.5. The number of benzene rings is 2. The number of carbonyl (C=O) groups is 1. The largest absolute Gasteiger partial charge is 0.461 e. The molecule has 0 bridgehead atoms. The number of H-pyrrole nitrogens is 1. The highest BCUT2D eigenvalue weighted by molar-refractivity contribution is 5.87. The van der Waals surface area contributed by atoms with Crippen LogP contribution in [-0.4, -0.2) is 41.9 Å². The Kier molecular flexibility index (Phi) is 6.43. The van der Waals surface area contributed by atoms with Crippen LogP contribution in [0.4, 0.5) is 0 Å². The van der Waals surface area contributed by atoms with Crippen molar-refractivity contribution >= 4 is 17.1 Å². The first kappa shape index (κ1) is 24.2. The van der Waals surface area contributed by atoms with Gasteiger partial charge in [-0.15, -0.1) is 0 Å². The van der Waals surface area contributed by atoms with E-state index >= 15 is 0 Å². The summed E-state index contributed by atoms with van der Waals surface area (Å²) in [6.45, 7) is 8.54. The Labute approximate surface area is 213 Å². The van der Waals surface area contributed by atoms with Gasteiger partial charge in [-0.05, 0) is 49.1 Å². The van der Waals surface area contributed by atoms with Crippen molar-refractivity contribution < 1.29 is 9.53 Å². The number of aryl methyl sites for hydroxylation is 1. The maximum Gasteiger partial charge on any atom is 0.358 e. The second-order valence-electron chi connectivity index (χ2n) is 9.16. The maximum atomic E-state index is 12.8. The van der Waals surface area contributed by atoms with Crippen LogP contribution in [0.2, 0.25) is 0 Å². The van der Waals surface area contributed by atoms with Crippen molar-refractivity contribution in [3.05, 3.63) is 93.8 Å². The summed E-state index contributed by atoms with van der Waals surface area (Å²) in [5.74, 6) is 0.456. The molecule has 0 aliphatic heterocycles. The highest BCUT2D eigenvalue weighted by Gasteiger charge is 2.16. The number of esters is 1. The maximum absolute atomic E-state index is 12.8. The Morgan fingerprint density at radius 1 is 1.11 bits per heavy atom. The summed E-state index contributed by atoms with van der Waals surface area (Å²) in [6, 6.07) is 17.4. The number of nitrogens with zero attached hydrogens (tertiary/aromatic N) is 5. The lowest BCUT2D eigenvalue weighted by Crippen LogP contribution is -2.18. The number of hydrogen-bond donors (Lipinski definition) is 1. The van der Waals surface area contributed by atoms with Crippen LogP contribution in [-0.2, 0) is 11.3 Å². The van der Waals surface area contributed by atoms with Crippen LogP contribution in [0.15, 0.2) is 65.6 Å². The zero-order valence-corrected chi connectivity index (χ0v) is 21.2. The third-order valence-electron chi connectivity index (χ3n) is 6.23. The SMILES string of the molecule is CCOC(=O)c1cc(C)n(-c2ccc(Cn3c(=O)[nH]c4cnc(-c5ccccc5C(C)C)nc43)cc2)n1. The Morgan fingerprint density at radius 2 is 1.86 bits per heavy atom. The molecule has 0 aliphatic rings. The number of rotatable bonds is 7. The van der Waals surface area contributed by atoms with Gasteiger partial charge in [-0.25, -0.2) is 24.2 Å². The van der Waals surface area contributed by atoms with E-state index in [1.807, 2.05) is 49.4 Å². The normalized spacial score (nSPS) is 11.4. The first-order chi connectivity index (χ1) is 17.9. The van der Waals surface area contributed by atoms with Crippen molar-refractivity contribution in [2.24, 2.45) is 0 Å². The van der Waals surface area contributed by atoms with Crippen LogP contribution < -0.4 is 5.69 Å². The molecule has 0 saturated carbocycles. The monoisotopic (exact) mass is 496 g/mol. The number of hydrogen-bond acceptors (Lipinski definition) is 6. The molecule has 0 fully saturated rings. The minimum atomic E-state index is -0.447. The molecule has 3 heterocycles. The Morgan fingerprint density at radius 3 is 2.59 bits per heavy atom. The lowest BCUT2D eigenvalue weighted by atomic mass is 9.97. The van der Waals surface area contributed by atoms with E-state index in [9.17, 15) is 9.59 Å². The Bertz CT molecular complexity index is 1640. The van der Waals surface area contributed by atoms with Crippen molar-refractivity contribution in [2.75, 3.05) is 6.61 Å². The molecule has 5 aromatic rings. The molecule has 9 heteroatoms. The van der Waals surface area contributed by atoms with Crippen molar-refractivity contribution in [1.29, 1.82) is 0 Å². The summed E-state index contributed by atoms with van der Waals surface area (Å²) in [5.41, 5.74) is 5.82. The molecule has 0 spiro atoms. The van der Waals surface area contributed by atoms with E-state index in [0.29, 0.717) is 36.1 Å². The topological polar surface area (TPSA) is 108 Å². The highest BCUT2D eigenvalue weighted by Crippen LogP contribution is 2.27. The van der Waals surface area contributed by atoms with Gasteiger partial charge in [0.2, 0.25) is 0 Å². The average Bonchev–Trinajstić information content (AvgIpc) is 3.43. The number of aromatic amines is 1. The Balaban J connectivity index is 1.45. The molecule has 5 rings (SSSR count). The predicted octanol–water partition coefficient (Wildman–Crippen LogP) is 4.63. The number of carbonyl (C=O) groups excluding carboxylic acids is 1. The zero-order valence-electron chi connectivity index (χ0n) is 21.2. The van der Waals surface area contributed by atoms with E-state index in [4.69, 9.17) is 9.72 Å². The molecule has 0 unspecified atom stereocenters. The van der Waals surface area contributed by atoms with Crippen LogP contribution >= 0.6 is 0 Å². The van der Waals surface area contributed by atoms with E-state index < -0.39 is 5.97 Å². The van der Waals surface area contributed by atoms with Gasteiger partial charge in [0, 0.05) is 11.3 Å². The van der Waals surface area contributed by atoms with E-state index in [0.717, 1.165) is 28.1 Å². The molecule has 0 saturated heterocycles. The van der Waals surface area contributed by atoms with Crippen LogP contribution in [0.25, 0.3) is 28.2 Å². The average molecular weight is 497 g/mol. The standard InChI is InChI=1S/C28H28N6O3/c1-5-37-27(35)23-14-18(4)34(32-23)20-12-10-19(11-13-20)16-33-26-24(30-28(33)36)15-29-25(31-26)22-9-7-6-8-21(22)17(2)3/h6-15,17H,5,16H2,1-4H3,(H,30,36). The molecular weight excluding hydrogens is 468 g/mol. The molecule has 3 aromatic heterocycles. The fourth-order valence-electron chi connectivity index (χ4n) is 4.39. The number of fused-ring (bicyclic) bond motifs is 1. The van der Waals surface area contributed by atoms with Gasteiger partial charge in [-0.3, -0.25) is 4.57 Å². The Hall–Kier alpha value is -4.53. The lowest BCUT2D eigenvalue weighted by molar-refractivity contribution is 0.0519. The molecule has 188 valence electrons. The second-order valence-corrected chi connectivity index (χ2v) is 9.16. The van der Waals surface area contributed by atoms with Gasteiger partial charge in [0.25, 0.3) is 0 Å². The van der Waals surface area contributed by atoms with Gasteiger partial charge in [0.15, 0.2) is 17.2 Å². The molecule has 2 aromatic carbocycles. The lowest BCUT2D eigenvalue weighted by Gasteiger charge is -2.11. The van der Waals surface area contributed by atoms with Crippen LogP contribution in [0.3, 0.4) is 0 Å². The number of ether oxygens (including phenoxy) is 1. The van der Waals surface area contributed by atoms with Crippen molar-refractivity contribution in [2.45, 2.75) is 40.2 Å². The van der Waals surface area contributed by atoms with Gasteiger partial charge in [0.1, 0.15) is 5.52 Å². The van der Waals surface area contributed by atoms with Crippen molar-refractivity contribution in [3.8, 4) is 17.1 Å². The van der Waals surface area contributed by atoms with E-state index in [-0.39, 0.29) is 11.4 Å². The van der Waals surface area contributed by atoms with Crippen molar-refractivity contribution in [3.63, 3.8) is 0 Å². The van der Waals surface area contributed by atoms with Crippen molar-refractivity contribution in [1.82, 2.24) is 29.3 Å². The van der Waals surface area contributed by atoms with Crippen LogP contribution in [0.5, 0.6) is 0 Å². The molecular formula is C28H28N6O3. The third-order valence-corrected chi connectivity index (χ3v) is 6.23. The van der Waals surface area contributed by atoms with E-state index in [1.54, 1.807) is 28.4 Å². The minimum Gasteiger partial charge on any atom is -0.461 e. The summed E-state index contributed by atoms with van der Waals surface area (Å²) in [4.78, 5) is 37.0. The van der Waals surface area contributed by atoms with Crippen LogP contribution in [0.1, 0.15) is 54.0 Å². The van der Waals surface area contributed by atoms with E-state index in [2.05, 4.69) is 35.0 Å². The summed E-state index contributed by atoms with van der Waals surface area (Å²) in [7, 11) is 0. The molecule has 0 atom stereocenters. The number of imidazole rings is 1. The number of aromatic nitrogens is 6. The first-order valence-corrected chi connectivity index (χ1v) is 12.2. The minimum absolute atomic E-state index is 0.246. The fourth-order valence-corrected chi connectivity index (χ4v) is 4.39. The molecule has 37 heavy (non-hydrogen) atoms. The quantitative estimate of drug-likeness (QED) is 0.329. The molecule has 9 nitrogen and oxygen atoms in total. The summed E-state index contributed by atoms with van der Waals surface area (Å²) in [6.07, 6.45) is 1.66. The summed E-state index contributed by atoms with van der Waals surface area (Å²) >= 11 is 0. The second kappa shape index (κ2) is 9.85. The number of nitrogens with one attached hydrogen (secondary N) is 1. The summed E-state index contributed by atoms with van der Waals surface area (Å²) in [5, 5.41) is 4.38. The molecule has 0 radical (unpaired) electrons. The zero-order chi connectivity index (χ0) is 26.1. The van der Waals surface area contributed by atoms with Gasteiger partial charge in [0.05, 0.1) is 25.0 Å². The van der Waals surface area contributed by atoms with Gasteiger partial charge in [-0.1, -0.05) is 50.2 Å². The van der Waals surface area contributed by atoms with Crippen LogP contribution in [0, 0.1) is 6.92 Å². The van der Waals surface area contributed by atoms with Gasteiger partial charge >= 0.3 is 11.7 Å². The van der Waals surface area contributed by atoms with Gasteiger partial charge < -0.3 is 9.72 Å². The fraction of sp³-hybridized carbons (Fsp3) is 0.250. The third kappa shape index (κ3) is 4.67. The smallest absolute Gasteiger partial charge is 0.358 e. The molecule has 1 N–H and O–H groups in total. The van der Waals surface area contributed by atoms with E-state index in [1.165, 1.54) is 0 Å². The molecule has 0 aliphatic carbocycles. The van der Waals surface area contributed by atoms with Gasteiger partial charge in [-0.2, -0.15) is 5.10 Å². The predicted molar refractivity (Wildman–Crippen MR) is 141 cm³/mol. The molecule has 0 amide bonds. The summed E-state index contributed by atoms with van der Waals surface area (Å²) < 4.78 is 8.36.